The van der Waals surface area contributed by atoms with Crippen LogP contribution in [-0.4, -0.2) is 65.5 Å². The monoisotopic (exact) mass is 475 g/mol. The van der Waals surface area contributed by atoms with Gasteiger partial charge in [-0.1, -0.05) is 29.8 Å². The van der Waals surface area contributed by atoms with Crippen molar-refractivity contribution >= 4 is 28.4 Å². The van der Waals surface area contributed by atoms with E-state index in [0.29, 0.717) is 50.4 Å². The fraction of sp³-hybridized carbons (Fsp3) is 0.600. The van der Waals surface area contributed by atoms with Crippen molar-refractivity contribution in [3.8, 4) is 0 Å². The van der Waals surface area contributed by atoms with Crippen molar-refractivity contribution in [3.05, 3.63) is 45.2 Å². The molecule has 2 N–H and O–H groups in total. The average Bonchev–Trinajstić information content (AvgIpc) is 2.79. The van der Waals surface area contributed by atoms with Crippen LogP contribution in [0, 0.1) is 5.92 Å². The van der Waals surface area contributed by atoms with E-state index in [0.717, 1.165) is 31.4 Å². The number of piperidine rings is 1. The summed E-state index contributed by atoms with van der Waals surface area (Å²) >= 11 is 6.55. The minimum absolute atomic E-state index is 0.0169. The van der Waals surface area contributed by atoms with Gasteiger partial charge in [-0.3, -0.25) is 9.59 Å². The summed E-state index contributed by atoms with van der Waals surface area (Å²) in [6, 6.07) is 7.32. The van der Waals surface area contributed by atoms with Crippen LogP contribution in [0.3, 0.4) is 0 Å². The van der Waals surface area contributed by atoms with Crippen LogP contribution in [0.15, 0.2) is 29.1 Å². The summed E-state index contributed by atoms with van der Waals surface area (Å²) in [5.41, 5.74) is -0.255. The smallest absolute Gasteiger partial charge is 0.265 e. The van der Waals surface area contributed by atoms with Gasteiger partial charge in [-0.25, -0.2) is 0 Å². The van der Waals surface area contributed by atoms with Crippen LogP contribution in [0.1, 0.15) is 55.9 Å². The number of halogens is 1. The number of β-amino-alcohol motifs (C(OH)–C–C–N with tert-alkyl or cyclic N) is 1. The first kappa shape index (κ1) is 24.2. The second kappa shape index (κ2) is 10.1. The molecule has 7 nitrogen and oxygen atoms in total. The molecule has 1 amide bonds. The van der Waals surface area contributed by atoms with Gasteiger partial charge in [0.1, 0.15) is 5.56 Å². The first-order valence-electron chi connectivity index (χ1n) is 11.9. The lowest BCUT2D eigenvalue weighted by Crippen LogP contribution is -2.49. The van der Waals surface area contributed by atoms with E-state index < -0.39 is 11.5 Å². The summed E-state index contributed by atoms with van der Waals surface area (Å²) in [5.74, 6) is -0.0785. The summed E-state index contributed by atoms with van der Waals surface area (Å²) in [6.45, 7) is 8.05. The summed E-state index contributed by atoms with van der Waals surface area (Å²) in [7, 11) is 0. The quantitative estimate of drug-likeness (QED) is 0.670. The summed E-state index contributed by atoms with van der Waals surface area (Å²) < 4.78 is 7.01. The van der Waals surface area contributed by atoms with Crippen LogP contribution < -0.4 is 10.9 Å². The number of carbonyl (C=O) groups is 1. The van der Waals surface area contributed by atoms with Crippen LogP contribution in [0.4, 0.5) is 0 Å². The van der Waals surface area contributed by atoms with Crippen molar-refractivity contribution in [1.29, 1.82) is 0 Å². The number of hydrogen-bond donors (Lipinski definition) is 2. The highest BCUT2D eigenvalue weighted by molar-refractivity contribution is 6.38. The average molecular weight is 476 g/mol. The topological polar surface area (TPSA) is 83.8 Å². The van der Waals surface area contributed by atoms with E-state index >= 15 is 0 Å². The van der Waals surface area contributed by atoms with Gasteiger partial charge in [0, 0.05) is 50.6 Å². The number of aromatic nitrogens is 1. The SMILES string of the molecule is CC(C)n1c(=O)c(C(=O)NCC2CCN(CC3(O)CCOCC3)CC2)c(Cl)c2ccccc21. The highest BCUT2D eigenvalue weighted by Gasteiger charge is 2.33. The van der Waals surface area contributed by atoms with Crippen molar-refractivity contribution in [2.24, 2.45) is 5.92 Å². The summed E-state index contributed by atoms with van der Waals surface area (Å²) in [6.07, 6.45) is 3.25. The van der Waals surface area contributed by atoms with E-state index in [-0.39, 0.29) is 22.2 Å². The predicted molar refractivity (Wildman–Crippen MR) is 130 cm³/mol. The van der Waals surface area contributed by atoms with Gasteiger partial charge < -0.3 is 24.6 Å². The Labute approximate surface area is 199 Å². The Kier molecular flexibility index (Phi) is 7.43. The number of ether oxygens (including phenoxy) is 1. The Hall–Kier alpha value is -1.93. The fourth-order valence-electron chi connectivity index (χ4n) is 5.04. The molecule has 180 valence electrons. The largest absolute Gasteiger partial charge is 0.388 e. The minimum atomic E-state index is -0.650. The number of amides is 1. The second-order valence-corrected chi connectivity index (χ2v) is 10.1. The number of benzene rings is 1. The third kappa shape index (κ3) is 5.27. The summed E-state index contributed by atoms with van der Waals surface area (Å²) in [5, 5.41) is 14.6. The number of likely N-dealkylation sites (tertiary alicyclic amines) is 1. The molecule has 2 aromatic rings. The number of rotatable bonds is 6. The molecule has 0 aliphatic carbocycles. The Morgan fingerprint density at radius 1 is 1.24 bits per heavy atom. The molecule has 33 heavy (non-hydrogen) atoms. The number of para-hydroxylation sites is 1. The Morgan fingerprint density at radius 2 is 1.91 bits per heavy atom. The van der Waals surface area contributed by atoms with E-state index in [1.165, 1.54) is 0 Å². The minimum Gasteiger partial charge on any atom is -0.388 e. The van der Waals surface area contributed by atoms with E-state index in [4.69, 9.17) is 16.3 Å². The van der Waals surface area contributed by atoms with Crippen LogP contribution in [0.5, 0.6) is 0 Å². The van der Waals surface area contributed by atoms with Gasteiger partial charge in [-0.2, -0.15) is 0 Å². The summed E-state index contributed by atoms with van der Waals surface area (Å²) in [4.78, 5) is 28.5. The Bertz CT molecular complexity index is 1050. The van der Waals surface area contributed by atoms with Gasteiger partial charge in [0.25, 0.3) is 11.5 Å². The van der Waals surface area contributed by atoms with Crippen molar-refractivity contribution in [2.45, 2.75) is 51.2 Å². The molecule has 0 atom stereocenters. The molecule has 1 aromatic carbocycles. The fourth-order valence-corrected chi connectivity index (χ4v) is 5.36. The number of fused-ring (bicyclic) bond motifs is 1. The molecule has 2 fully saturated rings. The number of nitrogens with zero attached hydrogens (tertiary/aromatic N) is 2. The third-order valence-electron chi connectivity index (χ3n) is 7.00. The molecule has 3 heterocycles. The first-order chi connectivity index (χ1) is 15.8. The standard InChI is InChI=1S/C25H34ClN3O4/c1-17(2)29-20-6-4-3-5-19(20)22(26)21(24(29)31)23(30)27-15-18-7-11-28(12-8-18)16-25(32)9-13-33-14-10-25/h3-6,17-18,32H,7-16H2,1-2H3,(H,27,30). The lowest BCUT2D eigenvalue weighted by Gasteiger charge is -2.39. The maximum atomic E-state index is 13.2. The number of pyridine rings is 1. The van der Waals surface area contributed by atoms with Crippen molar-refractivity contribution in [3.63, 3.8) is 0 Å². The molecule has 2 aliphatic rings. The highest BCUT2D eigenvalue weighted by Crippen LogP contribution is 2.27. The molecule has 0 bridgehead atoms. The maximum Gasteiger partial charge on any atom is 0.265 e. The molecule has 2 aliphatic heterocycles. The van der Waals surface area contributed by atoms with Crippen LogP contribution in [0.25, 0.3) is 10.9 Å². The molecule has 8 heteroatoms. The van der Waals surface area contributed by atoms with Crippen LogP contribution >= 0.6 is 11.6 Å². The number of carbonyl (C=O) groups excluding carboxylic acids is 1. The molecule has 0 spiro atoms. The zero-order chi connectivity index (χ0) is 23.6. The van der Waals surface area contributed by atoms with Crippen LogP contribution in [0.2, 0.25) is 5.02 Å². The van der Waals surface area contributed by atoms with E-state index in [1.807, 2.05) is 38.1 Å². The lowest BCUT2D eigenvalue weighted by molar-refractivity contribution is -0.0829. The van der Waals surface area contributed by atoms with E-state index in [2.05, 4.69) is 10.2 Å². The predicted octanol–water partition coefficient (Wildman–Crippen LogP) is 3.22. The van der Waals surface area contributed by atoms with Gasteiger partial charge in [0.2, 0.25) is 0 Å². The van der Waals surface area contributed by atoms with E-state index in [9.17, 15) is 14.7 Å². The molecule has 2 saturated heterocycles. The van der Waals surface area contributed by atoms with Crippen molar-refractivity contribution in [1.82, 2.24) is 14.8 Å². The zero-order valence-corrected chi connectivity index (χ0v) is 20.2. The van der Waals surface area contributed by atoms with Gasteiger partial charge in [-0.05, 0) is 51.8 Å². The van der Waals surface area contributed by atoms with Gasteiger partial charge in [-0.15, -0.1) is 0 Å². The van der Waals surface area contributed by atoms with Gasteiger partial charge in [0.15, 0.2) is 0 Å². The Balaban J connectivity index is 1.39. The zero-order valence-electron chi connectivity index (χ0n) is 19.5. The number of hydrogen-bond acceptors (Lipinski definition) is 5. The van der Waals surface area contributed by atoms with Crippen molar-refractivity contribution in [2.75, 3.05) is 39.4 Å². The van der Waals surface area contributed by atoms with E-state index in [1.54, 1.807) is 4.57 Å². The molecule has 0 radical (unpaired) electrons. The molecule has 4 rings (SSSR count). The molecular weight excluding hydrogens is 442 g/mol. The third-order valence-corrected chi connectivity index (χ3v) is 7.39. The Morgan fingerprint density at radius 3 is 2.58 bits per heavy atom. The molecule has 0 unspecified atom stereocenters. The molecule has 1 aromatic heterocycles. The first-order valence-corrected chi connectivity index (χ1v) is 12.3. The van der Waals surface area contributed by atoms with Gasteiger partial charge in [0.05, 0.1) is 16.1 Å². The molecule has 0 saturated carbocycles. The number of nitrogens with one attached hydrogen (secondary N) is 1. The second-order valence-electron chi connectivity index (χ2n) is 9.74. The van der Waals surface area contributed by atoms with Crippen LogP contribution in [-0.2, 0) is 4.74 Å². The number of aliphatic hydroxyl groups is 1. The normalized spacial score (nSPS) is 19.8. The van der Waals surface area contributed by atoms with Crippen molar-refractivity contribution < 1.29 is 14.6 Å². The lowest BCUT2D eigenvalue weighted by atomic mass is 9.91. The maximum absolute atomic E-state index is 13.2. The highest BCUT2D eigenvalue weighted by atomic mass is 35.5. The molecular formula is C25H34ClN3O4. The van der Waals surface area contributed by atoms with Gasteiger partial charge >= 0.3 is 0 Å².